The molecule has 0 amide bonds. The second-order valence-corrected chi connectivity index (χ2v) is 6.41. The molecule has 1 aliphatic carbocycles. The Hall–Kier alpha value is -2.08. The van der Waals surface area contributed by atoms with Gasteiger partial charge in [0.05, 0.1) is 17.1 Å². The Morgan fingerprint density at radius 3 is 2.76 bits per heavy atom. The van der Waals surface area contributed by atoms with Gasteiger partial charge in [-0.3, -0.25) is 0 Å². The summed E-state index contributed by atoms with van der Waals surface area (Å²) in [5.74, 6) is 0.817. The average molecular weight is 279 g/mol. The van der Waals surface area contributed by atoms with Crippen LogP contribution in [0.5, 0.6) is 0 Å². The predicted molar refractivity (Wildman–Crippen MR) is 86.1 cm³/mol. The number of benzene rings is 1. The molecule has 3 nitrogen and oxygen atoms in total. The Morgan fingerprint density at radius 2 is 2.00 bits per heavy atom. The third kappa shape index (κ3) is 3.00. The molecule has 1 fully saturated rings. The summed E-state index contributed by atoms with van der Waals surface area (Å²) < 4.78 is 0. The molecular formula is C18H21N3. The van der Waals surface area contributed by atoms with Crippen molar-refractivity contribution < 1.29 is 0 Å². The van der Waals surface area contributed by atoms with Gasteiger partial charge in [-0.15, -0.1) is 0 Å². The van der Waals surface area contributed by atoms with Crippen LogP contribution in [0, 0.1) is 16.7 Å². The van der Waals surface area contributed by atoms with Gasteiger partial charge in [0, 0.05) is 11.9 Å². The van der Waals surface area contributed by atoms with Crippen molar-refractivity contribution in [3.63, 3.8) is 0 Å². The molecule has 1 aliphatic rings. The summed E-state index contributed by atoms with van der Waals surface area (Å²) in [4.78, 5) is 4.64. The van der Waals surface area contributed by atoms with Gasteiger partial charge in [-0.2, -0.15) is 5.26 Å². The second-order valence-electron chi connectivity index (χ2n) is 6.41. The first-order valence-electron chi connectivity index (χ1n) is 7.74. The van der Waals surface area contributed by atoms with Crippen LogP contribution in [0.4, 0.5) is 5.82 Å². The first kappa shape index (κ1) is 13.9. The number of nitriles is 1. The van der Waals surface area contributed by atoms with E-state index in [0.717, 1.165) is 23.3 Å². The standard InChI is InChI=1S/C18H21N3/c1-18(9-5-2-6-10-18)13-20-17-11-14(12-19)15-7-3-4-8-16(15)21-17/h3-4,7-8,11H,2,5-6,9-10,13H2,1H3,(H,20,21). The molecule has 0 saturated heterocycles. The quantitative estimate of drug-likeness (QED) is 0.900. The van der Waals surface area contributed by atoms with Gasteiger partial charge in [0.1, 0.15) is 5.82 Å². The van der Waals surface area contributed by atoms with E-state index in [2.05, 4.69) is 23.3 Å². The van der Waals surface area contributed by atoms with Crippen LogP contribution in [0.3, 0.4) is 0 Å². The fraction of sp³-hybridized carbons (Fsp3) is 0.444. The number of aromatic nitrogens is 1. The number of anilines is 1. The molecule has 3 heteroatoms. The molecule has 1 heterocycles. The summed E-state index contributed by atoms with van der Waals surface area (Å²) >= 11 is 0. The van der Waals surface area contributed by atoms with E-state index in [-0.39, 0.29) is 0 Å². The number of nitrogens with zero attached hydrogens (tertiary/aromatic N) is 2. The normalized spacial score (nSPS) is 17.3. The van der Waals surface area contributed by atoms with Crippen molar-refractivity contribution in [3.05, 3.63) is 35.9 Å². The first-order valence-corrected chi connectivity index (χ1v) is 7.74. The number of hydrogen-bond acceptors (Lipinski definition) is 3. The van der Waals surface area contributed by atoms with Gasteiger partial charge < -0.3 is 5.32 Å². The van der Waals surface area contributed by atoms with Gasteiger partial charge in [-0.1, -0.05) is 44.4 Å². The summed E-state index contributed by atoms with van der Waals surface area (Å²) in [6.45, 7) is 3.29. The van der Waals surface area contributed by atoms with Gasteiger partial charge in [0.2, 0.25) is 0 Å². The van der Waals surface area contributed by atoms with E-state index in [1.54, 1.807) is 0 Å². The highest BCUT2D eigenvalue weighted by atomic mass is 15.0. The van der Waals surface area contributed by atoms with Crippen molar-refractivity contribution in [1.29, 1.82) is 5.26 Å². The molecule has 21 heavy (non-hydrogen) atoms. The van der Waals surface area contributed by atoms with Crippen molar-refractivity contribution in [2.45, 2.75) is 39.0 Å². The lowest BCUT2D eigenvalue weighted by molar-refractivity contribution is 0.233. The Morgan fingerprint density at radius 1 is 1.24 bits per heavy atom. The van der Waals surface area contributed by atoms with Crippen molar-refractivity contribution in [2.24, 2.45) is 5.41 Å². The molecule has 0 spiro atoms. The molecule has 0 bridgehead atoms. The van der Waals surface area contributed by atoms with Gasteiger partial charge in [0.15, 0.2) is 0 Å². The van der Waals surface area contributed by atoms with E-state index >= 15 is 0 Å². The molecule has 1 N–H and O–H groups in total. The molecule has 1 saturated carbocycles. The van der Waals surface area contributed by atoms with Crippen LogP contribution in [0.15, 0.2) is 30.3 Å². The van der Waals surface area contributed by atoms with Crippen molar-refractivity contribution in [1.82, 2.24) is 4.98 Å². The van der Waals surface area contributed by atoms with E-state index in [1.807, 2.05) is 30.3 Å². The Balaban J connectivity index is 1.82. The lowest BCUT2D eigenvalue weighted by Crippen LogP contribution is -2.29. The smallest absolute Gasteiger partial charge is 0.128 e. The van der Waals surface area contributed by atoms with Crippen LogP contribution in [0.25, 0.3) is 10.9 Å². The van der Waals surface area contributed by atoms with E-state index < -0.39 is 0 Å². The number of fused-ring (bicyclic) bond motifs is 1. The zero-order valence-electron chi connectivity index (χ0n) is 12.5. The summed E-state index contributed by atoms with van der Waals surface area (Å²) in [5, 5.41) is 13.7. The molecule has 108 valence electrons. The fourth-order valence-electron chi connectivity index (χ4n) is 3.24. The predicted octanol–water partition coefficient (Wildman–Crippen LogP) is 4.49. The second kappa shape index (κ2) is 5.73. The largest absolute Gasteiger partial charge is 0.369 e. The molecule has 0 atom stereocenters. The summed E-state index contributed by atoms with van der Waals surface area (Å²) in [6.07, 6.45) is 6.57. The van der Waals surface area contributed by atoms with Crippen LogP contribution in [-0.2, 0) is 0 Å². The van der Waals surface area contributed by atoms with Gasteiger partial charge in [0.25, 0.3) is 0 Å². The van der Waals surface area contributed by atoms with E-state index in [4.69, 9.17) is 0 Å². The zero-order valence-corrected chi connectivity index (χ0v) is 12.5. The highest BCUT2D eigenvalue weighted by molar-refractivity contribution is 5.86. The van der Waals surface area contributed by atoms with Crippen LogP contribution < -0.4 is 5.32 Å². The average Bonchev–Trinajstić information content (AvgIpc) is 2.53. The minimum absolute atomic E-state index is 0.360. The summed E-state index contributed by atoms with van der Waals surface area (Å²) in [6, 6.07) is 12.0. The van der Waals surface area contributed by atoms with E-state index in [1.165, 1.54) is 32.1 Å². The number of rotatable bonds is 3. The van der Waals surface area contributed by atoms with Crippen molar-refractivity contribution in [3.8, 4) is 6.07 Å². The van der Waals surface area contributed by atoms with Crippen LogP contribution in [0.1, 0.15) is 44.6 Å². The summed E-state index contributed by atoms with van der Waals surface area (Å²) in [7, 11) is 0. The third-order valence-electron chi connectivity index (χ3n) is 4.59. The van der Waals surface area contributed by atoms with Crippen LogP contribution in [0.2, 0.25) is 0 Å². The van der Waals surface area contributed by atoms with E-state index in [9.17, 15) is 5.26 Å². The number of hydrogen-bond donors (Lipinski definition) is 1. The Kier molecular flexibility index (Phi) is 3.79. The first-order chi connectivity index (χ1) is 10.2. The molecule has 3 rings (SSSR count). The van der Waals surface area contributed by atoms with Crippen LogP contribution in [-0.4, -0.2) is 11.5 Å². The number of nitrogens with one attached hydrogen (secondary N) is 1. The maximum absolute atomic E-state index is 9.32. The molecule has 0 radical (unpaired) electrons. The van der Waals surface area contributed by atoms with Gasteiger partial charge in [-0.05, 0) is 30.4 Å². The SMILES string of the molecule is CC1(CNc2cc(C#N)c3ccccc3n2)CCCCC1. The van der Waals surface area contributed by atoms with Crippen molar-refractivity contribution >= 4 is 16.7 Å². The number of para-hydroxylation sites is 1. The lowest BCUT2D eigenvalue weighted by atomic mass is 9.76. The third-order valence-corrected chi connectivity index (χ3v) is 4.59. The van der Waals surface area contributed by atoms with Crippen molar-refractivity contribution in [2.75, 3.05) is 11.9 Å². The Labute approximate surface area is 126 Å². The topological polar surface area (TPSA) is 48.7 Å². The minimum Gasteiger partial charge on any atom is -0.369 e. The molecule has 0 unspecified atom stereocenters. The van der Waals surface area contributed by atoms with Gasteiger partial charge >= 0.3 is 0 Å². The maximum Gasteiger partial charge on any atom is 0.128 e. The Bertz CT molecular complexity index is 678. The highest BCUT2D eigenvalue weighted by Gasteiger charge is 2.26. The lowest BCUT2D eigenvalue weighted by Gasteiger charge is -2.33. The fourth-order valence-corrected chi connectivity index (χ4v) is 3.24. The maximum atomic E-state index is 9.32. The molecule has 1 aromatic carbocycles. The molecule has 2 aromatic rings. The minimum atomic E-state index is 0.360. The van der Waals surface area contributed by atoms with Crippen LogP contribution >= 0.6 is 0 Å². The highest BCUT2D eigenvalue weighted by Crippen LogP contribution is 2.35. The van der Waals surface area contributed by atoms with Gasteiger partial charge in [-0.25, -0.2) is 4.98 Å². The molecule has 0 aliphatic heterocycles. The monoisotopic (exact) mass is 279 g/mol. The molecular weight excluding hydrogens is 258 g/mol. The number of pyridine rings is 1. The molecule has 1 aromatic heterocycles. The van der Waals surface area contributed by atoms with E-state index in [0.29, 0.717) is 11.0 Å². The zero-order chi connectivity index (χ0) is 14.7. The summed E-state index contributed by atoms with van der Waals surface area (Å²) in [5.41, 5.74) is 1.93.